The van der Waals surface area contributed by atoms with E-state index in [4.69, 9.17) is 18.0 Å². The lowest BCUT2D eigenvalue weighted by atomic mass is 9.77. The van der Waals surface area contributed by atoms with Crippen molar-refractivity contribution in [1.29, 1.82) is 0 Å². The quantitative estimate of drug-likeness (QED) is 0.603. The van der Waals surface area contributed by atoms with Crippen LogP contribution in [-0.4, -0.2) is 41.8 Å². The number of thiocarbonyl (C=S) groups is 1. The van der Waals surface area contributed by atoms with Crippen LogP contribution >= 0.6 is 12.2 Å². The van der Waals surface area contributed by atoms with Crippen LogP contribution in [0.1, 0.15) is 52.9 Å². The Morgan fingerprint density at radius 1 is 1.14 bits per heavy atom. The normalized spacial score (nSPS) is 11.0. The fourth-order valence-corrected chi connectivity index (χ4v) is 2.91. The molecular formula is C15H29N3O2S. The van der Waals surface area contributed by atoms with Crippen molar-refractivity contribution in [3.05, 3.63) is 0 Å². The van der Waals surface area contributed by atoms with E-state index in [1.165, 1.54) is 0 Å². The van der Waals surface area contributed by atoms with E-state index in [0.717, 1.165) is 19.3 Å². The second-order valence-corrected chi connectivity index (χ2v) is 5.79. The number of hydrogen-bond acceptors (Lipinski definition) is 3. The largest absolute Gasteiger partial charge is 0.392 e. The first-order valence-electron chi connectivity index (χ1n) is 7.69. The maximum absolute atomic E-state index is 13.0. The molecule has 5 nitrogen and oxygen atoms in total. The van der Waals surface area contributed by atoms with E-state index in [9.17, 15) is 9.59 Å². The van der Waals surface area contributed by atoms with E-state index in [-0.39, 0.29) is 23.3 Å². The number of nitrogens with two attached hydrogens (primary N) is 1. The molecule has 0 rings (SSSR count). The number of nitrogens with zero attached hydrogens (tertiary/aromatic N) is 1. The molecule has 0 fully saturated rings. The Bertz CT molecular complexity index is 366. The molecule has 21 heavy (non-hydrogen) atoms. The number of nitrogens with one attached hydrogen (secondary N) is 1. The lowest BCUT2D eigenvalue weighted by Crippen LogP contribution is -2.53. The third-order valence-corrected chi connectivity index (χ3v) is 4.02. The zero-order chi connectivity index (χ0) is 16.5. The van der Waals surface area contributed by atoms with Gasteiger partial charge in [-0.05, 0) is 19.3 Å². The van der Waals surface area contributed by atoms with Gasteiger partial charge in [0.15, 0.2) is 0 Å². The van der Waals surface area contributed by atoms with Gasteiger partial charge >= 0.3 is 0 Å². The number of carbonyl (C=O) groups excluding carboxylic acids is 2. The van der Waals surface area contributed by atoms with Crippen molar-refractivity contribution in [1.82, 2.24) is 10.2 Å². The van der Waals surface area contributed by atoms with Crippen LogP contribution in [0.3, 0.4) is 0 Å². The van der Waals surface area contributed by atoms with Gasteiger partial charge in [0.1, 0.15) is 0 Å². The lowest BCUT2D eigenvalue weighted by Gasteiger charge is -2.36. The van der Waals surface area contributed by atoms with E-state index >= 15 is 0 Å². The molecule has 0 aliphatic heterocycles. The molecule has 3 N–H and O–H groups in total. The highest BCUT2D eigenvalue weighted by Crippen LogP contribution is 2.33. The maximum Gasteiger partial charge on any atom is 0.239 e. The average molecular weight is 315 g/mol. The minimum Gasteiger partial charge on any atom is -0.392 e. The molecule has 0 aromatic carbocycles. The highest BCUT2D eigenvalue weighted by molar-refractivity contribution is 7.80. The van der Waals surface area contributed by atoms with Crippen LogP contribution in [0.5, 0.6) is 0 Å². The van der Waals surface area contributed by atoms with E-state index in [1.54, 1.807) is 11.9 Å². The lowest BCUT2D eigenvalue weighted by molar-refractivity contribution is -0.142. The fourth-order valence-electron chi connectivity index (χ4n) is 2.62. The molecule has 0 aromatic rings. The summed E-state index contributed by atoms with van der Waals surface area (Å²) in [4.78, 5) is 26.5. The second-order valence-electron chi connectivity index (χ2n) is 5.35. The van der Waals surface area contributed by atoms with Gasteiger partial charge in [0.05, 0.1) is 16.9 Å². The summed E-state index contributed by atoms with van der Waals surface area (Å²) in [5.74, 6) is -0.286. The standard InChI is InChI=1S/C15H29N3O2S/c1-5-8-15(9-6-2,13(16)21)14(20)18(10-7-3)11-12(19)17-4/h5-11H2,1-4H3,(H2,16,21)(H,17,19). The fraction of sp³-hybridized carbons (Fsp3) is 0.800. The molecule has 6 heteroatoms. The van der Waals surface area contributed by atoms with Crippen LogP contribution in [0.2, 0.25) is 0 Å². The summed E-state index contributed by atoms with van der Waals surface area (Å²) in [6.45, 7) is 6.59. The smallest absolute Gasteiger partial charge is 0.239 e. The second kappa shape index (κ2) is 9.71. The van der Waals surface area contributed by atoms with Crippen LogP contribution in [0, 0.1) is 5.41 Å². The van der Waals surface area contributed by atoms with Crippen molar-refractivity contribution in [3.63, 3.8) is 0 Å². The molecule has 122 valence electrons. The van der Waals surface area contributed by atoms with Crippen molar-refractivity contribution in [2.75, 3.05) is 20.1 Å². The molecule has 0 radical (unpaired) electrons. The van der Waals surface area contributed by atoms with E-state index in [2.05, 4.69) is 5.32 Å². The minimum absolute atomic E-state index is 0.0565. The number of rotatable bonds is 10. The molecule has 0 atom stereocenters. The minimum atomic E-state index is -0.817. The molecule has 0 bridgehead atoms. The third-order valence-electron chi connectivity index (χ3n) is 3.63. The van der Waals surface area contributed by atoms with Gasteiger partial charge < -0.3 is 16.0 Å². The summed E-state index contributed by atoms with van der Waals surface area (Å²) < 4.78 is 0. The summed E-state index contributed by atoms with van der Waals surface area (Å²) in [7, 11) is 1.57. The first-order chi connectivity index (χ1) is 9.89. The number of amides is 2. The van der Waals surface area contributed by atoms with Gasteiger partial charge in [-0.15, -0.1) is 0 Å². The monoisotopic (exact) mass is 315 g/mol. The molecule has 0 unspecified atom stereocenters. The van der Waals surface area contributed by atoms with Crippen molar-refractivity contribution >= 4 is 29.0 Å². The molecule has 0 aromatic heterocycles. The molecule has 0 saturated heterocycles. The Hall–Kier alpha value is -1.17. The molecule has 0 saturated carbocycles. The van der Waals surface area contributed by atoms with Crippen molar-refractivity contribution < 1.29 is 9.59 Å². The Morgan fingerprint density at radius 2 is 1.67 bits per heavy atom. The molecule has 0 aliphatic rings. The molecular weight excluding hydrogens is 286 g/mol. The van der Waals surface area contributed by atoms with Crippen molar-refractivity contribution in [3.8, 4) is 0 Å². The Kier molecular flexibility index (Phi) is 9.17. The molecule has 0 spiro atoms. The van der Waals surface area contributed by atoms with Crippen LogP contribution in [0.15, 0.2) is 0 Å². The molecule has 0 heterocycles. The average Bonchev–Trinajstić information content (AvgIpc) is 2.45. The molecule has 2 amide bonds. The van der Waals surface area contributed by atoms with Gasteiger partial charge in [0, 0.05) is 13.6 Å². The van der Waals surface area contributed by atoms with Gasteiger partial charge in [-0.3, -0.25) is 9.59 Å². The molecule has 0 aliphatic carbocycles. The third kappa shape index (κ3) is 5.26. The zero-order valence-electron chi connectivity index (χ0n) is 13.7. The highest BCUT2D eigenvalue weighted by atomic mass is 32.1. The predicted molar refractivity (Wildman–Crippen MR) is 90.0 cm³/mol. The van der Waals surface area contributed by atoms with Crippen LogP contribution in [-0.2, 0) is 9.59 Å². The first-order valence-corrected chi connectivity index (χ1v) is 8.10. The van der Waals surface area contributed by atoms with Crippen LogP contribution in [0.25, 0.3) is 0 Å². The summed E-state index contributed by atoms with van der Waals surface area (Å²) >= 11 is 5.21. The summed E-state index contributed by atoms with van der Waals surface area (Å²) in [5.41, 5.74) is 5.11. The highest BCUT2D eigenvalue weighted by Gasteiger charge is 2.42. The van der Waals surface area contributed by atoms with Gasteiger partial charge in [-0.2, -0.15) is 0 Å². The zero-order valence-corrected chi connectivity index (χ0v) is 14.5. The van der Waals surface area contributed by atoms with Crippen LogP contribution in [0.4, 0.5) is 0 Å². The van der Waals surface area contributed by atoms with Gasteiger partial charge in [-0.1, -0.05) is 45.8 Å². The Labute approximate surface area is 133 Å². The first kappa shape index (κ1) is 19.8. The topological polar surface area (TPSA) is 75.4 Å². The van der Waals surface area contributed by atoms with E-state index in [0.29, 0.717) is 19.4 Å². The number of hydrogen-bond donors (Lipinski definition) is 2. The number of likely N-dealkylation sites (N-methyl/N-ethyl adjacent to an activating group) is 1. The van der Waals surface area contributed by atoms with Crippen molar-refractivity contribution in [2.24, 2.45) is 11.1 Å². The van der Waals surface area contributed by atoms with Gasteiger partial charge in [-0.25, -0.2) is 0 Å². The van der Waals surface area contributed by atoms with Gasteiger partial charge in [0.25, 0.3) is 0 Å². The SMILES string of the molecule is CCCN(CC(=O)NC)C(=O)C(CCC)(CCC)C(N)=S. The summed E-state index contributed by atoms with van der Waals surface area (Å²) in [6, 6.07) is 0. The predicted octanol–water partition coefficient (Wildman–Crippen LogP) is 1.84. The Morgan fingerprint density at radius 3 is 2.00 bits per heavy atom. The van der Waals surface area contributed by atoms with Gasteiger partial charge in [0.2, 0.25) is 11.8 Å². The van der Waals surface area contributed by atoms with Crippen LogP contribution < -0.4 is 11.1 Å². The summed E-state index contributed by atoms with van der Waals surface area (Å²) in [5, 5.41) is 2.56. The maximum atomic E-state index is 13.0. The Balaban J connectivity index is 5.45. The van der Waals surface area contributed by atoms with E-state index in [1.807, 2.05) is 20.8 Å². The van der Waals surface area contributed by atoms with E-state index < -0.39 is 5.41 Å². The van der Waals surface area contributed by atoms with Crippen molar-refractivity contribution in [2.45, 2.75) is 52.9 Å². The number of carbonyl (C=O) groups is 2. The summed E-state index contributed by atoms with van der Waals surface area (Å²) in [6.07, 6.45) is 3.69.